The molecule has 4 heterocycles. The van der Waals surface area contributed by atoms with Crippen LogP contribution in [-0.4, -0.2) is 138 Å². The maximum Gasteiger partial charge on any atom is 0.410 e. The van der Waals surface area contributed by atoms with Crippen molar-refractivity contribution in [2.24, 2.45) is 11.8 Å². The minimum absolute atomic E-state index is 0.0134. The first-order chi connectivity index (χ1) is 17.9. The first-order valence-corrected chi connectivity index (χ1v) is 14.3. The molecule has 0 aromatic carbocycles. The van der Waals surface area contributed by atoms with Gasteiger partial charge in [-0.1, -0.05) is 0 Å². The molecule has 1 aliphatic carbocycles. The Balaban J connectivity index is 1.20. The van der Waals surface area contributed by atoms with Gasteiger partial charge in [0.1, 0.15) is 24.2 Å². The Morgan fingerprint density at radius 1 is 1.05 bits per heavy atom. The molecular weight excluding hydrogens is 496 g/mol. The van der Waals surface area contributed by atoms with E-state index in [0.29, 0.717) is 45.6 Å². The number of hydrogen-bond acceptors (Lipinski definition) is 9. The number of carbonyl (C=O) groups is 1. The molecule has 38 heavy (non-hydrogen) atoms. The monoisotopic (exact) mass is 543 g/mol. The average molecular weight is 544 g/mol. The molecule has 0 aromatic rings. The van der Waals surface area contributed by atoms with Gasteiger partial charge in [0.25, 0.3) is 0 Å². The summed E-state index contributed by atoms with van der Waals surface area (Å²) in [6.07, 6.45) is -3.25. The van der Waals surface area contributed by atoms with Gasteiger partial charge in [0.05, 0.1) is 6.17 Å². The number of nitrogens with one attached hydrogen (secondary N) is 3. The molecule has 0 radical (unpaired) electrons. The molecule has 218 valence electrons. The molecular formula is C26H47F2N7O3. The summed E-state index contributed by atoms with van der Waals surface area (Å²) >= 11 is 0. The second kappa shape index (κ2) is 11.0. The molecule has 5 rings (SSSR count). The quantitative estimate of drug-likeness (QED) is 0.375. The van der Waals surface area contributed by atoms with E-state index in [-0.39, 0.29) is 42.3 Å². The Bertz CT molecular complexity index is 842. The molecule has 4 N–H and O–H groups in total. The molecule has 0 aromatic heterocycles. The van der Waals surface area contributed by atoms with E-state index in [9.17, 15) is 14.3 Å². The third-order valence-electron chi connectivity index (χ3n) is 8.98. The highest BCUT2D eigenvalue weighted by Crippen LogP contribution is 2.40. The number of hydrogen-bond donors (Lipinski definition) is 4. The van der Waals surface area contributed by atoms with Crippen molar-refractivity contribution in [1.29, 1.82) is 0 Å². The number of rotatable bonds is 4. The van der Waals surface area contributed by atoms with Crippen LogP contribution in [0.25, 0.3) is 0 Å². The van der Waals surface area contributed by atoms with Crippen LogP contribution in [-0.2, 0) is 4.74 Å². The lowest BCUT2D eigenvalue weighted by Crippen LogP contribution is -2.65. The first-order valence-electron chi connectivity index (χ1n) is 14.3. The van der Waals surface area contributed by atoms with Gasteiger partial charge in [-0.2, -0.15) is 0 Å². The normalized spacial score (nSPS) is 42.1. The highest BCUT2D eigenvalue weighted by Gasteiger charge is 2.53. The lowest BCUT2D eigenvalue weighted by atomic mass is 9.72. The predicted molar refractivity (Wildman–Crippen MR) is 140 cm³/mol. The van der Waals surface area contributed by atoms with Gasteiger partial charge in [-0.15, -0.1) is 0 Å². The molecule has 1 saturated carbocycles. The maximum atomic E-state index is 15.9. The zero-order chi connectivity index (χ0) is 27.4. The van der Waals surface area contributed by atoms with E-state index in [4.69, 9.17) is 4.74 Å². The summed E-state index contributed by atoms with van der Waals surface area (Å²) in [5.74, 6) is -0.495. The fourth-order valence-corrected chi connectivity index (χ4v) is 7.40. The number of carbonyl (C=O) groups excluding carboxylic acids is 1. The van der Waals surface area contributed by atoms with Crippen LogP contribution in [0.4, 0.5) is 13.6 Å². The summed E-state index contributed by atoms with van der Waals surface area (Å²) < 4.78 is 36.3. The second-order valence-electron chi connectivity index (χ2n) is 13.1. The Morgan fingerprint density at radius 2 is 1.76 bits per heavy atom. The van der Waals surface area contributed by atoms with Crippen LogP contribution in [0.3, 0.4) is 0 Å². The Labute approximate surface area is 225 Å². The summed E-state index contributed by atoms with van der Waals surface area (Å²) in [5.41, 5.74) is 2.88. The van der Waals surface area contributed by atoms with E-state index < -0.39 is 30.1 Å². The van der Waals surface area contributed by atoms with E-state index >= 15 is 4.39 Å². The van der Waals surface area contributed by atoms with Crippen LogP contribution in [0.1, 0.15) is 40.5 Å². The third-order valence-corrected chi connectivity index (χ3v) is 8.98. The van der Waals surface area contributed by atoms with Crippen molar-refractivity contribution in [2.45, 2.75) is 95.0 Å². The Kier molecular flexibility index (Phi) is 8.23. The average Bonchev–Trinajstić information content (AvgIpc) is 3.39. The Morgan fingerprint density at radius 3 is 2.45 bits per heavy atom. The van der Waals surface area contributed by atoms with Crippen molar-refractivity contribution in [1.82, 2.24) is 35.8 Å². The molecule has 0 spiro atoms. The van der Waals surface area contributed by atoms with Crippen LogP contribution in [0.2, 0.25) is 0 Å². The number of aliphatic hydroxyl groups is 1. The van der Waals surface area contributed by atoms with Crippen molar-refractivity contribution in [2.75, 3.05) is 52.9 Å². The summed E-state index contributed by atoms with van der Waals surface area (Å²) in [5, 5.41) is 19.8. The zero-order valence-electron chi connectivity index (χ0n) is 23.4. The summed E-state index contributed by atoms with van der Waals surface area (Å²) in [7, 11) is 1.95. The van der Waals surface area contributed by atoms with Crippen LogP contribution >= 0.6 is 0 Å². The van der Waals surface area contributed by atoms with Gasteiger partial charge >= 0.3 is 6.09 Å². The number of fused-ring (bicyclic) bond motifs is 2. The van der Waals surface area contributed by atoms with Gasteiger partial charge < -0.3 is 14.7 Å². The van der Waals surface area contributed by atoms with Crippen LogP contribution in [0.5, 0.6) is 0 Å². The highest BCUT2D eigenvalue weighted by molar-refractivity contribution is 5.68. The van der Waals surface area contributed by atoms with Gasteiger partial charge in [-0.25, -0.2) is 18.6 Å². The smallest absolute Gasteiger partial charge is 0.410 e. The van der Waals surface area contributed by atoms with Gasteiger partial charge in [-0.05, 0) is 40.5 Å². The molecule has 0 bridgehead atoms. The number of aliphatic hydroxyl groups excluding tert-OH is 1. The SMILES string of the molecule is CC1CN2CC(NC(O)C3C(F)CC(N4CCN(C(=O)OC(C)(C)C)CC4)C4CN(C)NC43)CC(F)C2N1. The van der Waals surface area contributed by atoms with Crippen molar-refractivity contribution in [3.05, 3.63) is 0 Å². The number of alkyl halides is 2. The number of halogens is 2. The standard InChI is InChI=1S/C26H47F2N7O3/c1-15-12-35-13-16(10-19(28)23(35)29-15)30-24(36)21-18(27)11-20(17-14-32(5)31-22(17)21)33-6-8-34(9-7-33)25(37)38-26(2,3)4/h15-24,29-31,36H,6-14H2,1-5H3. The van der Waals surface area contributed by atoms with Crippen LogP contribution in [0, 0.1) is 11.8 Å². The van der Waals surface area contributed by atoms with E-state index in [1.807, 2.05) is 39.8 Å². The Hall–Kier alpha value is -1.15. The molecule has 4 saturated heterocycles. The fourth-order valence-electron chi connectivity index (χ4n) is 7.40. The number of piperidine rings is 1. The molecule has 10 atom stereocenters. The van der Waals surface area contributed by atoms with Crippen LogP contribution < -0.4 is 16.1 Å². The zero-order valence-corrected chi connectivity index (χ0v) is 23.4. The summed E-state index contributed by atoms with van der Waals surface area (Å²) in [6, 6.07) is -0.213. The van der Waals surface area contributed by atoms with E-state index in [2.05, 4.69) is 25.9 Å². The van der Waals surface area contributed by atoms with Crippen molar-refractivity contribution in [3.8, 4) is 0 Å². The van der Waals surface area contributed by atoms with Gasteiger partial charge in [0, 0.05) is 88.9 Å². The van der Waals surface area contributed by atoms with E-state index in [1.165, 1.54) is 0 Å². The van der Waals surface area contributed by atoms with Crippen molar-refractivity contribution >= 4 is 6.09 Å². The van der Waals surface area contributed by atoms with Gasteiger partial charge in [-0.3, -0.25) is 25.9 Å². The number of nitrogens with zero attached hydrogens (tertiary/aromatic N) is 4. The van der Waals surface area contributed by atoms with Crippen molar-refractivity contribution in [3.63, 3.8) is 0 Å². The molecule has 5 aliphatic rings. The lowest BCUT2D eigenvalue weighted by Gasteiger charge is -2.49. The minimum Gasteiger partial charge on any atom is -0.444 e. The molecule has 10 nitrogen and oxygen atoms in total. The fraction of sp³-hybridized carbons (Fsp3) is 0.962. The number of ether oxygens (including phenoxy) is 1. The molecule has 5 fully saturated rings. The number of hydrazine groups is 1. The highest BCUT2D eigenvalue weighted by atomic mass is 19.1. The number of piperazine rings is 1. The number of amides is 1. The minimum atomic E-state index is -1.21. The predicted octanol–water partition coefficient (Wildman–Crippen LogP) is 0.339. The van der Waals surface area contributed by atoms with Gasteiger partial charge in [0.2, 0.25) is 0 Å². The second-order valence-corrected chi connectivity index (χ2v) is 13.1. The van der Waals surface area contributed by atoms with Gasteiger partial charge in [0.15, 0.2) is 0 Å². The third kappa shape index (κ3) is 5.96. The van der Waals surface area contributed by atoms with E-state index in [1.54, 1.807) is 4.90 Å². The molecule has 1 amide bonds. The first kappa shape index (κ1) is 28.4. The lowest BCUT2D eigenvalue weighted by molar-refractivity contribution is -0.0656. The summed E-state index contributed by atoms with van der Waals surface area (Å²) in [6.45, 7) is 12.2. The largest absolute Gasteiger partial charge is 0.444 e. The topological polar surface area (TPSA) is 95.6 Å². The van der Waals surface area contributed by atoms with Crippen LogP contribution in [0.15, 0.2) is 0 Å². The molecule has 10 unspecified atom stereocenters. The summed E-state index contributed by atoms with van der Waals surface area (Å²) in [4.78, 5) is 18.6. The van der Waals surface area contributed by atoms with Crippen molar-refractivity contribution < 1.29 is 23.4 Å². The molecule has 12 heteroatoms. The van der Waals surface area contributed by atoms with E-state index in [0.717, 1.165) is 13.1 Å². The maximum absolute atomic E-state index is 15.9. The molecule has 4 aliphatic heterocycles.